The lowest BCUT2D eigenvalue weighted by Crippen LogP contribution is -2.43. The molecule has 5 N–H and O–H groups in total. The van der Waals surface area contributed by atoms with Gasteiger partial charge in [-0.3, -0.25) is 14.6 Å². The quantitative estimate of drug-likeness (QED) is 0.183. The summed E-state index contributed by atoms with van der Waals surface area (Å²) < 4.78 is 34.8. The number of nitrogens with one attached hydrogen (secondary N) is 1. The van der Waals surface area contributed by atoms with E-state index in [4.69, 9.17) is 15.6 Å². The van der Waals surface area contributed by atoms with Crippen LogP contribution >= 0.6 is 31.9 Å². The molecule has 2 aromatic rings. The van der Waals surface area contributed by atoms with Crippen molar-refractivity contribution >= 4 is 55.5 Å². The van der Waals surface area contributed by atoms with Crippen LogP contribution in [0.5, 0.6) is 0 Å². The lowest BCUT2D eigenvalue weighted by Gasteiger charge is -2.14. The van der Waals surface area contributed by atoms with Crippen LogP contribution in [-0.2, 0) is 16.1 Å². The number of hydrogen-bond acceptors (Lipinski definition) is 5. The van der Waals surface area contributed by atoms with Gasteiger partial charge in [-0.2, -0.15) is 13.2 Å². The SMILES string of the molecule is CC(N)=NCCC[C@H](NC(=O)c1cccn(Cc2cc(Br)cc(Br)c2)c1=O)C(=O)O.O=C(O)C(F)(F)F. The molecule has 202 valence electrons. The molecule has 10 nitrogen and oxygen atoms in total. The number of carbonyl (C=O) groups excluding carboxylic acids is 1. The highest BCUT2D eigenvalue weighted by Crippen LogP contribution is 2.20. The highest BCUT2D eigenvalue weighted by molar-refractivity contribution is 9.11. The van der Waals surface area contributed by atoms with Crippen molar-refractivity contribution in [1.29, 1.82) is 0 Å². The standard InChI is InChI=1S/C20H22Br2N4O4.C2HF3O2/c1-12(23)24-6-2-5-17(20(29)30)25-18(27)16-4-3-7-26(19(16)28)11-13-8-14(21)10-15(22)9-13;3-2(4,5)1(6)7/h3-4,7-10,17H,2,5-6,11H2,1H3,(H2,23,24)(H,25,27)(H,29,30);(H,6,7)/t17-;/m0./s1. The van der Waals surface area contributed by atoms with E-state index in [-0.39, 0.29) is 18.5 Å². The minimum Gasteiger partial charge on any atom is -0.480 e. The van der Waals surface area contributed by atoms with Gasteiger partial charge < -0.3 is 25.8 Å². The summed E-state index contributed by atoms with van der Waals surface area (Å²) in [6, 6.07) is 7.46. The number of aliphatic imine (C=N–C) groups is 1. The van der Waals surface area contributed by atoms with Gasteiger partial charge in [0.15, 0.2) is 0 Å². The van der Waals surface area contributed by atoms with Crippen molar-refractivity contribution < 1.29 is 37.8 Å². The molecule has 0 aliphatic heterocycles. The van der Waals surface area contributed by atoms with Crippen molar-refractivity contribution in [1.82, 2.24) is 9.88 Å². The lowest BCUT2D eigenvalue weighted by molar-refractivity contribution is -0.192. The van der Waals surface area contributed by atoms with E-state index >= 15 is 0 Å². The van der Waals surface area contributed by atoms with Crippen molar-refractivity contribution in [2.75, 3.05) is 6.54 Å². The monoisotopic (exact) mass is 654 g/mol. The molecule has 1 atom stereocenters. The van der Waals surface area contributed by atoms with Crippen LogP contribution in [0.25, 0.3) is 0 Å². The third-order valence-electron chi connectivity index (χ3n) is 4.40. The highest BCUT2D eigenvalue weighted by atomic mass is 79.9. The maximum atomic E-state index is 12.8. The molecule has 0 aliphatic carbocycles. The summed E-state index contributed by atoms with van der Waals surface area (Å²) in [6.07, 6.45) is -2.90. The summed E-state index contributed by atoms with van der Waals surface area (Å²) in [5.41, 5.74) is 5.69. The molecule has 1 aromatic heterocycles. The predicted octanol–water partition coefficient (Wildman–Crippen LogP) is 3.40. The molecule has 37 heavy (non-hydrogen) atoms. The number of carbonyl (C=O) groups is 3. The first kappa shape index (κ1) is 31.8. The van der Waals surface area contributed by atoms with Crippen LogP contribution in [0.15, 0.2) is 55.3 Å². The van der Waals surface area contributed by atoms with Gasteiger partial charge in [-0.1, -0.05) is 31.9 Å². The summed E-state index contributed by atoms with van der Waals surface area (Å²) in [6.45, 7) is 2.27. The first-order chi connectivity index (χ1) is 17.1. The molecule has 0 radical (unpaired) electrons. The van der Waals surface area contributed by atoms with E-state index in [2.05, 4.69) is 42.2 Å². The molecule has 1 amide bonds. The highest BCUT2D eigenvalue weighted by Gasteiger charge is 2.38. The van der Waals surface area contributed by atoms with Crippen molar-refractivity contribution in [3.8, 4) is 0 Å². The fourth-order valence-corrected chi connectivity index (χ4v) is 4.17. The second-order valence-corrected chi connectivity index (χ2v) is 9.30. The van der Waals surface area contributed by atoms with E-state index in [0.717, 1.165) is 14.5 Å². The molecule has 2 rings (SSSR count). The normalized spacial score (nSPS) is 12.2. The van der Waals surface area contributed by atoms with Crippen LogP contribution in [0.4, 0.5) is 13.2 Å². The van der Waals surface area contributed by atoms with Crippen LogP contribution in [0, 0.1) is 0 Å². The van der Waals surface area contributed by atoms with E-state index in [0.29, 0.717) is 18.8 Å². The molecule has 1 aromatic carbocycles. The van der Waals surface area contributed by atoms with Crippen molar-refractivity contribution in [3.05, 3.63) is 67.0 Å². The fraction of sp³-hybridized carbons (Fsp3) is 0.318. The molecule has 0 saturated heterocycles. The zero-order valence-electron chi connectivity index (χ0n) is 19.3. The lowest BCUT2D eigenvalue weighted by atomic mass is 10.1. The van der Waals surface area contributed by atoms with E-state index in [1.165, 1.54) is 10.6 Å². The van der Waals surface area contributed by atoms with Crippen LogP contribution in [-0.4, -0.2) is 57.2 Å². The first-order valence-electron chi connectivity index (χ1n) is 10.4. The molecule has 0 saturated carbocycles. The van der Waals surface area contributed by atoms with Crippen LogP contribution in [0.3, 0.4) is 0 Å². The number of carboxylic acids is 2. The Morgan fingerprint density at radius 3 is 2.22 bits per heavy atom. The number of benzene rings is 1. The molecular weight excluding hydrogens is 633 g/mol. The maximum absolute atomic E-state index is 12.8. The summed E-state index contributed by atoms with van der Waals surface area (Å²) >= 11 is 6.81. The number of halogens is 5. The Balaban J connectivity index is 0.000000856. The number of aliphatic carboxylic acids is 2. The Bertz CT molecular complexity index is 1190. The number of aromatic nitrogens is 1. The van der Waals surface area contributed by atoms with Gasteiger partial charge in [-0.25, -0.2) is 9.59 Å². The van der Waals surface area contributed by atoms with Gasteiger partial charge in [0.2, 0.25) is 0 Å². The maximum Gasteiger partial charge on any atom is 0.490 e. The van der Waals surface area contributed by atoms with E-state index in [1.54, 1.807) is 19.2 Å². The summed E-state index contributed by atoms with van der Waals surface area (Å²) in [5, 5.41) is 18.9. The molecule has 0 bridgehead atoms. The number of pyridine rings is 1. The van der Waals surface area contributed by atoms with Gasteiger partial charge in [0.05, 0.1) is 12.4 Å². The predicted molar refractivity (Wildman–Crippen MR) is 136 cm³/mol. The number of amidine groups is 1. The van der Waals surface area contributed by atoms with Gasteiger partial charge >= 0.3 is 18.1 Å². The molecule has 0 aliphatic rings. The molecule has 0 unspecified atom stereocenters. The van der Waals surface area contributed by atoms with Crippen molar-refractivity contribution in [3.63, 3.8) is 0 Å². The Morgan fingerprint density at radius 1 is 1.16 bits per heavy atom. The molecule has 0 fully saturated rings. The zero-order chi connectivity index (χ0) is 28.3. The number of carboxylic acid groups (broad SMARTS) is 2. The van der Waals surface area contributed by atoms with Crippen LogP contribution in [0.2, 0.25) is 0 Å². The largest absolute Gasteiger partial charge is 0.490 e. The Labute approximate surface area is 225 Å². The Kier molecular flexibility index (Phi) is 12.5. The second-order valence-electron chi connectivity index (χ2n) is 7.47. The second kappa shape index (κ2) is 14.5. The average Bonchev–Trinajstić information content (AvgIpc) is 2.76. The van der Waals surface area contributed by atoms with Crippen molar-refractivity contribution in [2.45, 2.75) is 38.5 Å². The number of alkyl halides is 3. The van der Waals surface area contributed by atoms with Gasteiger partial charge in [-0.15, -0.1) is 0 Å². The fourth-order valence-electron chi connectivity index (χ4n) is 2.78. The number of rotatable bonds is 9. The Hall–Kier alpha value is -3.20. The van der Waals surface area contributed by atoms with Crippen molar-refractivity contribution in [2.24, 2.45) is 10.7 Å². The Morgan fingerprint density at radius 2 is 1.73 bits per heavy atom. The van der Waals surface area contributed by atoms with E-state index in [9.17, 15) is 32.7 Å². The number of nitrogens with zero attached hydrogens (tertiary/aromatic N) is 2. The molecule has 0 spiro atoms. The first-order valence-corrected chi connectivity index (χ1v) is 11.9. The zero-order valence-corrected chi connectivity index (χ0v) is 22.4. The smallest absolute Gasteiger partial charge is 0.480 e. The van der Waals surface area contributed by atoms with Crippen LogP contribution < -0.4 is 16.6 Å². The van der Waals surface area contributed by atoms with Crippen LogP contribution in [0.1, 0.15) is 35.7 Å². The van der Waals surface area contributed by atoms with Gasteiger partial charge in [0.25, 0.3) is 11.5 Å². The molecule has 15 heteroatoms. The number of hydrogen-bond donors (Lipinski definition) is 4. The number of amides is 1. The van der Waals surface area contributed by atoms with E-state index < -0.39 is 35.6 Å². The molecular formula is C22H23Br2F3N4O6. The summed E-state index contributed by atoms with van der Waals surface area (Å²) in [7, 11) is 0. The summed E-state index contributed by atoms with van der Waals surface area (Å²) in [5.74, 6) is -4.25. The summed E-state index contributed by atoms with van der Waals surface area (Å²) in [4.78, 5) is 49.7. The minimum atomic E-state index is -5.08. The van der Waals surface area contributed by atoms with Gasteiger partial charge in [0.1, 0.15) is 11.6 Å². The van der Waals surface area contributed by atoms with E-state index in [1.807, 2.05) is 18.2 Å². The third-order valence-corrected chi connectivity index (χ3v) is 5.31. The minimum absolute atomic E-state index is 0.117. The average molecular weight is 656 g/mol. The number of nitrogens with two attached hydrogens (primary N) is 1. The van der Waals surface area contributed by atoms with Gasteiger partial charge in [0, 0.05) is 21.7 Å². The topological polar surface area (TPSA) is 164 Å². The van der Waals surface area contributed by atoms with Gasteiger partial charge in [-0.05, 0) is 55.7 Å². The molecule has 1 heterocycles. The third kappa shape index (κ3) is 11.6.